The van der Waals surface area contributed by atoms with Crippen LogP contribution >= 0.6 is 11.6 Å². The van der Waals surface area contributed by atoms with Gasteiger partial charge in [-0.3, -0.25) is 4.79 Å². The molecular formula is C20H14ClFN4O2. The molecule has 140 valence electrons. The van der Waals surface area contributed by atoms with Crippen molar-refractivity contribution >= 4 is 34.1 Å². The number of hydrogen-bond donors (Lipinski definition) is 1. The van der Waals surface area contributed by atoms with Crippen LogP contribution in [0.1, 0.15) is 18.2 Å². The predicted molar refractivity (Wildman–Crippen MR) is 103 cm³/mol. The lowest BCUT2D eigenvalue weighted by atomic mass is 10.1. The normalized spacial score (nSPS) is 17.0. The molecule has 0 spiro atoms. The van der Waals surface area contributed by atoms with Crippen LogP contribution in [0.25, 0.3) is 22.4 Å². The third-order valence-corrected chi connectivity index (χ3v) is 5.19. The number of aromatic amines is 1. The summed E-state index contributed by atoms with van der Waals surface area (Å²) in [5.74, 6) is -0.165. The number of carbonyl (C=O) groups excluding carboxylic acids is 1. The van der Waals surface area contributed by atoms with Crippen LogP contribution < -0.4 is 4.90 Å². The number of H-pyrrole nitrogens is 1. The molecule has 5 rings (SSSR count). The monoisotopic (exact) mass is 396 g/mol. The number of anilines is 1. The lowest BCUT2D eigenvalue weighted by Gasteiger charge is -2.17. The maximum Gasteiger partial charge on any atom is 0.258 e. The zero-order valence-corrected chi connectivity index (χ0v) is 15.3. The Bertz CT molecular complexity index is 1200. The van der Waals surface area contributed by atoms with Gasteiger partial charge < -0.3 is 14.4 Å². The molecule has 1 amide bonds. The highest BCUT2D eigenvalue weighted by Gasteiger charge is 2.35. The molecule has 6 nitrogen and oxygen atoms in total. The number of amides is 1. The molecule has 1 fully saturated rings. The number of nitrogens with one attached hydrogen (secondary N) is 1. The van der Waals surface area contributed by atoms with Crippen molar-refractivity contribution in [3.8, 4) is 11.5 Å². The minimum absolute atomic E-state index is 0.190. The Balaban J connectivity index is 1.44. The summed E-state index contributed by atoms with van der Waals surface area (Å²) < 4.78 is 19.7. The van der Waals surface area contributed by atoms with Gasteiger partial charge in [-0.15, -0.1) is 0 Å². The molecule has 1 unspecified atom stereocenters. The fourth-order valence-corrected chi connectivity index (χ4v) is 3.75. The van der Waals surface area contributed by atoms with Crippen LogP contribution in [0.4, 0.5) is 10.1 Å². The summed E-state index contributed by atoms with van der Waals surface area (Å²) in [7, 11) is 0. The number of benzene rings is 2. The van der Waals surface area contributed by atoms with Gasteiger partial charge >= 0.3 is 0 Å². The Morgan fingerprint density at radius 2 is 2.14 bits per heavy atom. The number of nitrogens with zero attached hydrogens (tertiary/aromatic N) is 3. The molecule has 1 atom stereocenters. The predicted octanol–water partition coefficient (Wildman–Crippen LogP) is 4.53. The topological polar surface area (TPSA) is 75.0 Å². The molecule has 28 heavy (non-hydrogen) atoms. The van der Waals surface area contributed by atoms with Crippen molar-refractivity contribution in [1.82, 2.24) is 15.1 Å². The van der Waals surface area contributed by atoms with Crippen LogP contribution in [0.2, 0.25) is 5.02 Å². The highest BCUT2D eigenvalue weighted by Crippen LogP contribution is 2.34. The maximum absolute atomic E-state index is 14.2. The molecule has 2 aromatic carbocycles. The van der Waals surface area contributed by atoms with Gasteiger partial charge in [-0.2, -0.15) is 4.98 Å². The summed E-state index contributed by atoms with van der Waals surface area (Å²) in [4.78, 5) is 21.5. The van der Waals surface area contributed by atoms with E-state index in [0.29, 0.717) is 11.7 Å². The SMILES string of the molecule is O=C1CC(c2noc(-c3cccc4[nH]ccc34)n2)CN1c1ccc(Cl)cc1F. The fraction of sp³-hybridized carbons (Fsp3) is 0.150. The van der Waals surface area contributed by atoms with Crippen LogP contribution in [0.15, 0.2) is 53.2 Å². The first-order chi connectivity index (χ1) is 13.6. The molecule has 1 aliphatic rings. The van der Waals surface area contributed by atoms with E-state index in [9.17, 15) is 9.18 Å². The van der Waals surface area contributed by atoms with Crippen molar-refractivity contribution in [2.45, 2.75) is 12.3 Å². The molecule has 0 saturated carbocycles. The first-order valence-electron chi connectivity index (χ1n) is 8.75. The molecule has 2 aromatic heterocycles. The minimum atomic E-state index is -0.533. The van der Waals surface area contributed by atoms with Crippen molar-refractivity contribution in [1.29, 1.82) is 0 Å². The summed E-state index contributed by atoms with van der Waals surface area (Å²) in [5.41, 5.74) is 2.00. The summed E-state index contributed by atoms with van der Waals surface area (Å²) in [6.45, 7) is 0.282. The molecule has 0 radical (unpaired) electrons. The van der Waals surface area contributed by atoms with Crippen molar-refractivity contribution in [3.63, 3.8) is 0 Å². The smallest absolute Gasteiger partial charge is 0.258 e. The molecule has 4 aromatic rings. The van der Waals surface area contributed by atoms with E-state index in [1.165, 1.54) is 17.0 Å². The van der Waals surface area contributed by atoms with Gasteiger partial charge in [0.05, 0.1) is 5.69 Å². The van der Waals surface area contributed by atoms with Crippen LogP contribution in [-0.4, -0.2) is 27.6 Å². The van der Waals surface area contributed by atoms with Crippen molar-refractivity contribution in [2.24, 2.45) is 0 Å². The molecule has 1 saturated heterocycles. The highest BCUT2D eigenvalue weighted by molar-refractivity contribution is 6.30. The van der Waals surface area contributed by atoms with Crippen LogP contribution in [-0.2, 0) is 4.79 Å². The molecular weight excluding hydrogens is 383 g/mol. The van der Waals surface area contributed by atoms with Crippen molar-refractivity contribution < 1.29 is 13.7 Å². The van der Waals surface area contributed by atoms with E-state index in [1.807, 2.05) is 30.5 Å². The van der Waals surface area contributed by atoms with E-state index in [4.69, 9.17) is 16.1 Å². The number of fused-ring (bicyclic) bond motifs is 1. The van der Waals surface area contributed by atoms with E-state index in [1.54, 1.807) is 6.07 Å². The van der Waals surface area contributed by atoms with Crippen molar-refractivity contribution in [3.05, 3.63) is 65.3 Å². The first-order valence-corrected chi connectivity index (χ1v) is 9.13. The molecule has 1 aliphatic heterocycles. The molecule has 3 heterocycles. The van der Waals surface area contributed by atoms with Gasteiger partial charge in [0.2, 0.25) is 5.91 Å². The third kappa shape index (κ3) is 2.75. The molecule has 8 heteroatoms. The zero-order chi connectivity index (χ0) is 19.3. The average Bonchev–Trinajstić information content (AvgIpc) is 3.40. The highest BCUT2D eigenvalue weighted by atomic mass is 35.5. The molecule has 0 aliphatic carbocycles. The van der Waals surface area contributed by atoms with Gasteiger partial charge in [0.25, 0.3) is 5.89 Å². The number of rotatable bonds is 3. The van der Waals surface area contributed by atoms with E-state index in [-0.39, 0.29) is 35.5 Å². The van der Waals surface area contributed by atoms with Crippen LogP contribution in [0.3, 0.4) is 0 Å². The number of aromatic nitrogens is 3. The fourth-order valence-electron chi connectivity index (χ4n) is 3.60. The van der Waals surface area contributed by atoms with E-state index >= 15 is 0 Å². The van der Waals surface area contributed by atoms with Gasteiger partial charge in [0, 0.05) is 46.6 Å². The van der Waals surface area contributed by atoms with E-state index < -0.39 is 5.82 Å². The van der Waals surface area contributed by atoms with Gasteiger partial charge in [0.1, 0.15) is 5.82 Å². The second-order valence-electron chi connectivity index (χ2n) is 6.70. The van der Waals surface area contributed by atoms with E-state index in [0.717, 1.165) is 16.5 Å². The van der Waals surface area contributed by atoms with Gasteiger partial charge in [0.15, 0.2) is 5.82 Å². The summed E-state index contributed by atoms with van der Waals surface area (Å²) >= 11 is 5.80. The zero-order valence-electron chi connectivity index (χ0n) is 14.5. The number of carbonyl (C=O) groups is 1. The van der Waals surface area contributed by atoms with Gasteiger partial charge in [-0.1, -0.05) is 22.8 Å². The van der Waals surface area contributed by atoms with Gasteiger partial charge in [-0.05, 0) is 36.4 Å². The Morgan fingerprint density at radius 3 is 3.00 bits per heavy atom. The van der Waals surface area contributed by atoms with Crippen LogP contribution in [0, 0.1) is 5.82 Å². The Morgan fingerprint density at radius 1 is 1.25 bits per heavy atom. The Labute approximate surface area is 163 Å². The number of hydrogen-bond acceptors (Lipinski definition) is 4. The lowest BCUT2D eigenvalue weighted by molar-refractivity contribution is -0.117. The number of halogens is 2. The molecule has 0 bridgehead atoms. The lowest BCUT2D eigenvalue weighted by Crippen LogP contribution is -2.25. The quantitative estimate of drug-likeness (QED) is 0.552. The van der Waals surface area contributed by atoms with Crippen LogP contribution in [0.5, 0.6) is 0 Å². The largest absolute Gasteiger partial charge is 0.361 e. The second kappa shape index (κ2) is 6.45. The standard InChI is InChI=1S/C20H14ClFN4O2/c21-12-4-5-17(15(22)9-12)26-10-11(8-18(26)27)19-24-20(28-25-19)14-2-1-3-16-13(14)6-7-23-16/h1-7,9,11,23H,8,10H2. The van der Waals surface area contributed by atoms with Gasteiger partial charge in [-0.25, -0.2) is 4.39 Å². The minimum Gasteiger partial charge on any atom is -0.361 e. The maximum atomic E-state index is 14.2. The Hall–Kier alpha value is -3.19. The Kier molecular flexibility index (Phi) is 3.91. The van der Waals surface area contributed by atoms with Crippen molar-refractivity contribution in [2.75, 3.05) is 11.4 Å². The van der Waals surface area contributed by atoms with E-state index in [2.05, 4.69) is 15.1 Å². The average molecular weight is 397 g/mol. The summed E-state index contributed by atoms with van der Waals surface area (Å²) in [5, 5.41) is 5.34. The summed E-state index contributed by atoms with van der Waals surface area (Å²) in [6, 6.07) is 12.0. The first kappa shape index (κ1) is 16.9. The summed E-state index contributed by atoms with van der Waals surface area (Å²) in [6.07, 6.45) is 2.04. The third-order valence-electron chi connectivity index (χ3n) is 4.96. The second-order valence-corrected chi connectivity index (χ2v) is 7.14. The molecule has 1 N–H and O–H groups in total.